The molecule has 1 unspecified atom stereocenters. The summed E-state index contributed by atoms with van der Waals surface area (Å²) in [5, 5.41) is 7.13. The smallest absolute Gasteiger partial charge is 0.237 e. The first-order valence-corrected chi connectivity index (χ1v) is 7.70. The number of nitrogens with one attached hydrogen (secondary N) is 1. The Labute approximate surface area is 123 Å². The summed E-state index contributed by atoms with van der Waals surface area (Å²) in [6.07, 6.45) is 1.41. The molecular weight excluding hydrogens is 268 g/mol. The van der Waals surface area contributed by atoms with E-state index < -0.39 is 6.04 Å². The summed E-state index contributed by atoms with van der Waals surface area (Å²) in [5.41, 5.74) is 8.29. The van der Waals surface area contributed by atoms with Crippen molar-refractivity contribution < 1.29 is 4.79 Å². The normalized spacial score (nSPS) is 13.7. The van der Waals surface area contributed by atoms with Crippen LogP contribution in [0.1, 0.15) is 18.1 Å². The fraction of sp³-hybridized carbons (Fsp3) is 0.312. The van der Waals surface area contributed by atoms with Crippen LogP contribution in [0.15, 0.2) is 47.2 Å². The Kier molecular flexibility index (Phi) is 5.32. The lowest BCUT2D eigenvalue weighted by atomic mass is 10.1. The number of nitrogens with two attached hydrogens (primary N) is 1. The summed E-state index contributed by atoms with van der Waals surface area (Å²) in [6, 6.07) is 11.5. The van der Waals surface area contributed by atoms with Gasteiger partial charge < -0.3 is 11.1 Å². The Bertz CT molecular complexity index is 525. The summed E-state index contributed by atoms with van der Waals surface area (Å²) >= 11 is 1.67. The van der Waals surface area contributed by atoms with Gasteiger partial charge in [-0.3, -0.25) is 4.79 Å². The highest BCUT2D eigenvalue weighted by molar-refractivity contribution is 7.07. The van der Waals surface area contributed by atoms with E-state index in [1.54, 1.807) is 11.3 Å². The van der Waals surface area contributed by atoms with Gasteiger partial charge in [0.2, 0.25) is 5.91 Å². The summed E-state index contributed by atoms with van der Waals surface area (Å²) in [7, 11) is 0. The summed E-state index contributed by atoms with van der Waals surface area (Å²) in [5.74, 6) is -0.0865. The number of benzene rings is 1. The highest BCUT2D eigenvalue weighted by atomic mass is 32.1. The highest BCUT2D eigenvalue weighted by Crippen LogP contribution is 2.09. The van der Waals surface area contributed by atoms with Gasteiger partial charge in [-0.2, -0.15) is 11.3 Å². The second-order valence-corrected chi connectivity index (χ2v) is 5.82. The van der Waals surface area contributed by atoms with E-state index in [-0.39, 0.29) is 11.9 Å². The average Bonchev–Trinajstić information content (AvgIpc) is 2.92. The Morgan fingerprint density at radius 2 is 1.95 bits per heavy atom. The van der Waals surface area contributed by atoms with Crippen LogP contribution in [0.3, 0.4) is 0 Å². The van der Waals surface area contributed by atoms with Crippen molar-refractivity contribution in [1.82, 2.24) is 5.32 Å². The van der Waals surface area contributed by atoms with Crippen LogP contribution >= 0.6 is 11.3 Å². The lowest BCUT2D eigenvalue weighted by Gasteiger charge is -2.17. The number of carbonyl (C=O) groups is 1. The van der Waals surface area contributed by atoms with Crippen molar-refractivity contribution in [3.63, 3.8) is 0 Å². The maximum Gasteiger partial charge on any atom is 0.237 e. The van der Waals surface area contributed by atoms with Crippen LogP contribution in [0, 0.1) is 0 Å². The molecule has 0 fully saturated rings. The molecule has 1 aromatic carbocycles. The minimum atomic E-state index is -0.498. The molecule has 0 aliphatic heterocycles. The first-order valence-electron chi connectivity index (χ1n) is 6.76. The van der Waals surface area contributed by atoms with E-state index in [2.05, 4.69) is 16.8 Å². The van der Waals surface area contributed by atoms with Crippen LogP contribution in [-0.2, 0) is 17.6 Å². The molecule has 1 aromatic heterocycles. The first-order chi connectivity index (χ1) is 9.65. The molecular formula is C16H20N2OS. The van der Waals surface area contributed by atoms with Crippen LogP contribution < -0.4 is 11.1 Å². The Hall–Kier alpha value is -1.65. The van der Waals surface area contributed by atoms with Gasteiger partial charge in [-0.15, -0.1) is 0 Å². The van der Waals surface area contributed by atoms with Gasteiger partial charge in [0.05, 0.1) is 6.04 Å². The van der Waals surface area contributed by atoms with E-state index in [0.29, 0.717) is 6.42 Å². The highest BCUT2D eigenvalue weighted by Gasteiger charge is 2.16. The molecule has 106 valence electrons. The molecule has 2 aromatic rings. The minimum Gasteiger partial charge on any atom is -0.352 e. The van der Waals surface area contributed by atoms with Crippen molar-refractivity contribution in [3.8, 4) is 0 Å². The van der Waals surface area contributed by atoms with Crippen molar-refractivity contribution in [1.29, 1.82) is 0 Å². The third kappa shape index (κ3) is 4.47. The minimum absolute atomic E-state index is 0.0865. The van der Waals surface area contributed by atoms with Gasteiger partial charge in [-0.1, -0.05) is 30.3 Å². The summed E-state index contributed by atoms with van der Waals surface area (Å²) in [4.78, 5) is 12.1. The standard InChI is InChI=1S/C16H20N2OS/c1-12(9-14-7-8-20-11-14)18-16(19)15(17)10-13-5-3-2-4-6-13/h2-8,11-12,15H,9-10,17H2,1H3,(H,18,19)/t12?,15-/m1/s1. The zero-order valence-electron chi connectivity index (χ0n) is 11.6. The number of rotatable bonds is 6. The summed E-state index contributed by atoms with van der Waals surface area (Å²) in [6.45, 7) is 2.00. The number of carbonyl (C=O) groups excluding carboxylic acids is 1. The fourth-order valence-corrected chi connectivity index (χ4v) is 2.81. The average molecular weight is 288 g/mol. The van der Waals surface area contributed by atoms with Gasteiger partial charge in [-0.25, -0.2) is 0 Å². The fourth-order valence-electron chi connectivity index (χ4n) is 2.12. The molecule has 0 saturated carbocycles. The number of thiophene rings is 1. The van der Waals surface area contributed by atoms with Crippen LogP contribution in [0.5, 0.6) is 0 Å². The quantitative estimate of drug-likeness (QED) is 0.857. The molecule has 20 heavy (non-hydrogen) atoms. The molecule has 1 heterocycles. The van der Waals surface area contributed by atoms with E-state index in [4.69, 9.17) is 5.73 Å². The van der Waals surface area contributed by atoms with Crippen molar-refractivity contribution >= 4 is 17.2 Å². The van der Waals surface area contributed by atoms with E-state index >= 15 is 0 Å². The molecule has 3 nitrogen and oxygen atoms in total. The van der Waals surface area contributed by atoms with Crippen LogP contribution in [0.4, 0.5) is 0 Å². The lowest BCUT2D eigenvalue weighted by molar-refractivity contribution is -0.122. The topological polar surface area (TPSA) is 55.1 Å². The molecule has 0 spiro atoms. The molecule has 3 N–H and O–H groups in total. The van der Waals surface area contributed by atoms with Gasteiger partial charge in [-0.05, 0) is 47.7 Å². The molecule has 0 bridgehead atoms. The number of amides is 1. The van der Waals surface area contributed by atoms with Crippen molar-refractivity contribution in [2.24, 2.45) is 5.73 Å². The lowest BCUT2D eigenvalue weighted by Crippen LogP contribution is -2.46. The largest absolute Gasteiger partial charge is 0.352 e. The molecule has 1 amide bonds. The van der Waals surface area contributed by atoms with Crippen molar-refractivity contribution in [2.45, 2.75) is 31.8 Å². The van der Waals surface area contributed by atoms with E-state index in [9.17, 15) is 4.79 Å². The van der Waals surface area contributed by atoms with Gasteiger partial charge in [0.1, 0.15) is 0 Å². The predicted molar refractivity (Wildman–Crippen MR) is 83.7 cm³/mol. The van der Waals surface area contributed by atoms with Gasteiger partial charge in [0, 0.05) is 6.04 Å². The number of hydrogen-bond acceptors (Lipinski definition) is 3. The number of hydrogen-bond donors (Lipinski definition) is 2. The second kappa shape index (κ2) is 7.22. The predicted octanol–water partition coefficient (Wildman–Crippen LogP) is 2.37. The van der Waals surface area contributed by atoms with Gasteiger partial charge >= 0.3 is 0 Å². The molecule has 0 saturated heterocycles. The third-order valence-electron chi connectivity index (χ3n) is 3.15. The molecule has 0 radical (unpaired) electrons. The molecule has 0 aliphatic rings. The van der Waals surface area contributed by atoms with Crippen LogP contribution in [0.25, 0.3) is 0 Å². The van der Waals surface area contributed by atoms with E-state index in [1.165, 1.54) is 5.56 Å². The van der Waals surface area contributed by atoms with Crippen LogP contribution in [-0.4, -0.2) is 18.0 Å². The van der Waals surface area contributed by atoms with E-state index in [0.717, 1.165) is 12.0 Å². The Balaban J connectivity index is 1.81. The van der Waals surface area contributed by atoms with E-state index in [1.807, 2.05) is 42.6 Å². The van der Waals surface area contributed by atoms with Crippen molar-refractivity contribution in [2.75, 3.05) is 0 Å². The Morgan fingerprint density at radius 3 is 2.60 bits per heavy atom. The van der Waals surface area contributed by atoms with Gasteiger partial charge in [0.25, 0.3) is 0 Å². The van der Waals surface area contributed by atoms with Gasteiger partial charge in [0.15, 0.2) is 0 Å². The van der Waals surface area contributed by atoms with Crippen molar-refractivity contribution in [3.05, 3.63) is 58.3 Å². The molecule has 2 rings (SSSR count). The van der Waals surface area contributed by atoms with Crippen LogP contribution in [0.2, 0.25) is 0 Å². The maximum atomic E-state index is 12.1. The summed E-state index contributed by atoms with van der Waals surface area (Å²) < 4.78 is 0. The first kappa shape index (κ1) is 14.8. The third-order valence-corrected chi connectivity index (χ3v) is 3.88. The zero-order valence-corrected chi connectivity index (χ0v) is 12.4. The molecule has 0 aliphatic carbocycles. The SMILES string of the molecule is CC(Cc1ccsc1)NC(=O)[C@H](N)Cc1ccccc1. The maximum absolute atomic E-state index is 12.1. The molecule has 4 heteroatoms. The second-order valence-electron chi connectivity index (χ2n) is 5.04. The Morgan fingerprint density at radius 1 is 1.20 bits per heavy atom. The monoisotopic (exact) mass is 288 g/mol. The zero-order chi connectivity index (χ0) is 14.4. The molecule has 2 atom stereocenters.